The van der Waals surface area contributed by atoms with Crippen molar-refractivity contribution >= 4 is 28.5 Å². The molecule has 0 unspecified atom stereocenters. The number of fused-ring (bicyclic) bond motifs is 4. The van der Waals surface area contributed by atoms with Gasteiger partial charge in [0.25, 0.3) is 5.91 Å². The van der Waals surface area contributed by atoms with Gasteiger partial charge in [-0.2, -0.15) is 0 Å². The molecule has 6 rings (SSSR count). The molecular weight excluding hydrogens is 426 g/mol. The van der Waals surface area contributed by atoms with Crippen LogP contribution in [-0.4, -0.2) is 58.6 Å². The molecule has 2 heterocycles. The minimum atomic E-state index is -0.102. The van der Waals surface area contributed by atoms with Gasteiger partial charge in [0.1, 0.15) is 0 Å². The van der Waals surface area contributed by atoms with Gasteiger partial charge < -0.3 is 14.8 Å². The van der Waals surface area contributed by atoms with E-state index in [-0.39, 0.29) is 17.6 Å². The van der Waals surface area contributed by atoms with Gasteiger partial charge in [0, 0.05) is 60.0 Å². The topological polar surface area (TPSA) is 73.5 Å². The Morgan fingerprint density at radius 1 is 0.765 bits per heavy atom. The molecule has 0 saturated carbocycles. The summed E-state index contributed by atoms with van der Waals surface area (Å²) in [5.41, 5.74) is 5.59. The lowest BCUT2D eigenvalue weighted by molar-refractivity contribution is -0.131. The van der Waals surface area contributed by atoms with E-state index in [1.54, 1.807) is 17.0 Å². The summed E-state index contributed by atoms with van der Waals surface area (Å²) in [5, 5.41) is 1.07. The highest BCUT2D eigenvalue weighted by molar-refractivity contribution is 6.22. The van der Waals surface area contributed by atoms with Gasteiger partial charge in [-0.05, 0) is 34.9 Å². The average molecular weight is 450 g/mol. The van der Waals surface area contributed by atoms with Gasteiger partial charge >= 0.3 is 0 Å². The minimum Gasteiger partial charge on any atom is -0.361 e. The molecule has 2 amide bonds. The number of ketones is 1. The van der Waals surface area contributed by atoms with E-state index < -0.39 is 0 Å². The molecule has 1 N–H and O–H groups in total. The molecule has 168 valence electrons. The first-order valence-corrected chi connectivity index (χ1v) is 11.5. The van der Waals surface area contributed by atoms with Crippen LogP contribution in [0.1, 0.15) is 31.8 Å². The Kier molecular flexibility index (Phi) is 4.80. The Bertz CT molecular complexity index is 1460. The Labute approximate surface area is 196 Å². The number of hydrogen-bond donors (Lipinski definition) is 1. The van der Waals surface area contributed by atoms with Crippen LogP contribution in [0.15, 0.2) is 72.9 Å². The number of aromatic nitrogens is 1. The van der Waals surface area contributed by atoms with Crippen LogP contribution in [0.2, 0.25) is 0 Å². The van der Waals surface area contributed by atoms with E-state index in [9.17, 15) is 14.4 Å². The van der Waals surface area contributed by atoms with E-state index in [1.165, 1.54) is 0 Å². The third kappa shape index (κ3) is 3.30. The predicted octanol–water partition coefficient (Wildman–Crippen LogP) is 3.91. The maximum Gasteiger partial charge on any atom is 0.253 e. The Morgan fingerprint density at radius 2 is 1.44 bits per heavy atom. The van der Waals surface area contributed by atoms with Gasteiger partial charge in [-0.3, -0.25) is 14.4 Å². The second kappa shape index (κ2) is 7.99. The molecule has 34 heavy (non-hydrogen) atoms. The second-order valence-electron chi connectivity index (χ2n) is 8.84. The number of para-hydroxylation sites is 1. The first-order valence-electron chi connectivity index (χ1n) is 11.5. The van der Waals surface area contributed by atoms with Crippen LogP contribution < -0.4 is 0 Å². The van der Waals surface area contributed by atoms with Crippen LogP contribution in [0.25, 0.3) is 22.0 Å². The quantitative estimate of drug-likeness (QED) is 0.454. The van der Waals surface area contributed by atoms with Crippen molar-refractivity contribution in [3.8, 4) is 11.1 Å². The number of amides is 2. The van der Waals surface area contributed by atoms with Crippen LogP contribution in [0.4, 0.5) is 0 Å². The van der Waals surface area contributed by atoms with Gasteiger partial charge in [-0.15, -0.1) is 0 Å². The van der Waals surface area contributed by atoms with E-state index in [2.05, 4.69) is 4.98 Å². The fourth-order valence-electron chi connectivity index (χ4n) is 5.06. The Hall–Kier alpha value is -4.19. The molecule has 1 fully saturated rings. The van der Waals surface area contributed by atoms with Gasteiger partial charge in [-0.1, -0.05) is 48.5 Å². The largest absolute Gasteiger partial charge is 0.361 e. The molecule has 6 heteroatoms. The number of H-pyrrole nitrogens is 1. The van der Waals surface area contributed by atoms with E-state index in [4.69, 9.17) is 0 Å². The zero-order valence-electron chi connectivity index (χ0n) is 18.6. The number of aromatic amines is 1. The summed E-state index contributed by atoms with van der Waals surface area (Å²) < 4.78 is 0. The van der Waals surface area contributed by atoms with Crippen LogP contribution >= 0.6 is 0 Å². The molecule has 1 aliphatic heterocycles. The lowest BCUT2D eigenvalue weighted by atomic mass is 10.0. The average Bonchev–Trinajstić information content (AvgIpc) is 3.42. The monoisotopic (exact) mass is 449 g/mol. The van der Waals surface area contributed by atoms with Crippen molar-refractivity contribution in [2.75, 3.05) is 26.2 Å². The summed E-state index contributed by atoms with van der Waals surface area (Å²) in [4.78, 5) is 45.7. The second-order valence-corrected chi connectivity index (χ2v) is 8.84. The van der Waals surface area contributed by atoms with Crippen molar-refractivity contribution in [1.29, 1.82) is 0 Å². The van der Waals surface area contributed by atoms with Gasteiger partial charge in [0.05, 0.1) is 6.42 Å². The third-order valence-electron chi connectivity index (χ3n) is 6.91. The van der Waals surface area contributed by atoms with E-state index in [1.807, 2.05) is 65.7 Å². The zero-order chi connectivity index (χ0) is 23.2. The molecule has 0 atom stereocenters. The molecule has 0 spiro atoms. The van der Waals surface area contributed by atoms with Gasteiger partial charge in [0.2, 0.25) is 5.91 Å². The van der Waals surface area contributed by atoms with Gasteiger partial charge in [-0.25, -0.2) is 0 Å². The molecule has 2 aliphatic rings. The summed E-state index contributed by atoms with van der Waals surface area (Å²) in [6.45, 7) is 1.96. The van der Waals surface area contributed by atoms with Crippen LogP contribution in [-0.2, 0) is 11.2 Å². The molecule has 4 aromatic rings. The number of rotatable bonds is 3. The van der Waals surface area contributed by atoms with E-state index in [0.717, 1.165) is 27.6 Å². The molecule has 0 bridgehead atoms. The highest BCUT2D eigenvalue weighted by Gasteiger charge is 2.29. The number of piperazine rings is 1. The fourth-order valence-corrected chi connectivity index (χ4v) is 5.06. The summed E-state index contributed by atoms with van der Waals surface area (Å²) >= 11 is 0. The summed E-state index contributed by atoms with van der Waals surface area (Å²) in [6.07, 6.45) is 2.24. The summed E-state index contributed by atoms with van der Waals surface area (Å²) in [6, 6.07) is 20.9. The third-order valence-corrected chi connectivity index (χ3v) is 6.91. The van der Waals surface area contributed by atoms with Crippen molar-refractivity contribution in [1.82, 2.24) is 14.8 Å². The summed E-state index contributed by atoms with van der Waals surface area (Å²) in [5.74, 6) is -0.0685. The summed E-state index contributed by atoms with van der Waals surface area (Å²) in [7, 11) is 0. The van der Waals surface area contributed by atoms with E-state index in [0.29, 0.717) is 49.3 Å². The van der Waals surface area contributed by atoms with E-state index >= 15 is 0 Å². The molecule has 3 aromatic carbocycles. The number of carbonyl (C=O) groups is 3. The maximum absolute atomic E-state index is 13.2. The SMILES string of the molecule is O=C1c2ccccc2-c2ccc(C(=O)N3CCN(C(=O)Cc4c[nH]c5ccccc45)CC3)cc21. The molecule has 1 saturated heterocycles. The number of nitrogens with one attached hydrogen (secondary N) is 1. The Balaban J connectivity index is 1.12. The molecule has 1 aromatic heterocycles. The van der Waals surface area contributed by atoms with Crippen molar-refractivity contribution in [3.05, 3.63) is 95.2 Å². The molecule has 1 aliphatic carbocycles. The number of nitrogens with zero attached hydrogens (tertiary/aromatic N) is 2. The van der Waals surface area contributed by atoms with Crippen LogP contribution in [0.5, 0.6) is 0 Å². The van der Waals surface area contributed by atoms with Crippen molar-refractivity contribution in [3.63, 3.8) is 0 Å². The minimum absolute atomic E-state index is 0.0343. The Morgan fingerprint density at radius 3 is 2.26 bits per heavy atom. The predicted molar refractivity (Wildman–Crippen MR) is 130 cm³/mol. The molecule has 6 nitrogen and oxygen atoms in total. The van der Waals surface area contributed by atoms with Gasteiger partial charge in [0.15, 0.2) is 5.78 Å². The standard InChI is InChI=1S/C28H23N3O3/c32-26(16-19-17-29-25-8-4-3-5-20(19)25)30-11-13-31(14-12-30)28(34)18-9-10-22-21-6-1-2-7-23(21)27(33)24(22)15-18/h1-10,15,17,29H,11-14,16H2. The highest BCUT2D eigenvalue weighted by atomic mass is 16.2. The van der Waals surface area contributed by atoms with Crippen molar-refractivity contribution in [2.24, 2.45) is 0 Å². The van der Waals surface area contributed by atoms with Crippen molar-refractivity contribution < 1.29 is 14.4 Å². The smallest absolute Gasteiger partial charge is 0.253 e. The first kappa shape index (κ1) is 20.4. The number of benzene rings is 3. The molecular formula is C28H23N3O3. The normalized spacial score (nSPS) is 14.9. The molecule has 0 radical (unpaired) electrons. The van der Waals surface area contributed by atoms with Crippen molar-refractivity contribution in [2.45, 2.75) is 6.42 Å². The lowest BCUT2D eigenvalue weighted by Crippen LogP contribution is -2.51. The maximum atomic E-state index is 13.2. The lowest BCUT2D eigenvalue weighted by Gasteiger charge is -2.35. The highest BCUT2D eigenvalue weighted by Crippen LogP contribution is 2.36. The zero-order valence-corrected chi connectivity index (χ0v) is 18.6. The van der Waals surface area contributed by atoms with Crippen LogP contribution in [0, 0.1) is 0 Å². The van der Waals surface area contributed by atoms with Crippen LogP contribution in [0.3, 0.4) is 0 Å². The number of hydrogen-bond acceptors (Lipinski definition) is 3. The number of carbonyl (C=O) groups excluding carboxylic acids is 3. The first-order chi connectivity index (χ1) is 16.6. The fraction of sp³-hybridized carbons (Fsp3) is 0.179.